The fourth-order valence-corrected chi connectivity index (χ4v) is 18.7. The van der Waals surface area contributed by atoms with E-state index in [4.69, 9.17) is 71.8 Å². The number of nitrogens with zero attached hydrogens (tertiary/aromatic N) is 10. The summed E-state index contributed by atoms with van der Waals surface area (Å²) in [6.07, 6.45) is 8.88. The van der Waals surface area contributed by atoms with E-state index in [-0.39, 0.29) is 144 Å². The van der Waals surface area contributed by atoms with Crippen LogP contribution >= 0.6 is 45.9 Å². The van der Waals surface area contributed by atoms with Gasteiger partial charge in [-0.25, -0.2) is 0 Å². The molecule has 14 rings (SSSR count). The van der Waals surface area contributed by atoms with Crippen molar-refractivity contribution in [2.45, 2.75) is 135 Å². The molecule has 30 nitrogen and oxygen atoms in total. The Labute approximate surface area is 695 Å². The number of anilines is 1. The number of benzene rings is 3. The van der Waals surface area contributed by atoms with Crippen LogP contribution in [0.25, 0.3) is 10.0 Å². The molecule has 0 saturated carbocycles. The van der Waals surface area contributed by atoms with Crippen LogP contribution in [-0.2, 0) is 74.8 Å². The fourth-order valence-electron chi connectivity index (χ4n) is 15.6. The van der Waals surface area contributed by atoms with Gasteiger partial charge in [-0.3, -0.25) is 57.5 Å². The quantitative estimate of drug-likeness (QED) is 0.0203. The lowest BCUT2D eigenvalue weighted by molar-refractivity contribution is -0.130. The Morgan fingerprint density at radius 3 is 1.51 bits per heavy atom. The number of rotatable bonds is 36. The minimum Gasteiger partial charge on any atom is -0.379 e. The third-order valence-electron chi connectivity index (χ3n) is 21.5. The smallest absolute Gasteiger partial charge is 0.253 e. The topological polar surface area (TPSA) is 357 Å². The van der Waals surface area contributed by atoms with Crippen molar-refractivity contribution in [2.24, 2.45) is 9.98 Å². The molecule has 7 aromatic rings. The van der Waals surface area contributed by atoms with Gasteiger partial charge in [0.2, 0.25) is 35.4 Å². The van der Waals surface area contributed by atoms with Gasteiger partial charge in [-0.05, 0) is 125 Å². The molecule has 618 valence electrons. The number of fused-ring (bicyclic) bond motifs is 8. The summed E-state index contributed by atoms with van der Waals surface area (Å²) in [5, 5.41) is 39.2. The number of hydrogen-bond acceptors (Lipinski definition) is 22. The van der Waals surface area contributed by atoms with Crippen molar-refractivity contribution in [1.29, 1.82) is 0 Å². The molecule has 0 bridgehead atoms. The Balaban J connectivity index is 0.530. The summed E-state index contributed by atoms with van der Waals surface area (Å²) in [7, 11) is 0. The van der Waals surface area contributed by atoms with Gasteiger partial charge in [-0.2, -0.15) is 0 Å². The molecule has 8 amide bonds. The number of piperidine rings is 2. The molecule has 6 N–H and O–H groups in total. The third kappa shape index (κ3) is 20.7. The Morgan fingerprint density at radius 2 is 1.02 bits per heavy atom. The number of amides is 8. The van der Waals surface area contributed by atoms with E-state index < -0.39 is 12.1 Å². The third-order valence-corrected chi connectivity index (χ3v) is 24.6. The Morgan fingerprint density at radius 1 is 0.547 bits per heavy atom. The van der Waals surface area contributed by atoms with Crippen molar-refractivity contribution >= 4 is 110 Å². The number of halogens is 2. The van der Waals surface area contributed by atoms with Crippen LogP contribution in [0.1, 0.15) is 159 Å². The number of nitrogens with one attached hydrogen (secondary N) is 6. The largest absolute Gasteiger partial charge is 0.379 e. The number of hydrogen-bond donors (Lipinski definition) is 6. The van der Waals surface area contributed by atoms with E-state index in [0.717, 1.165) is 90.0 Å². The predicted molar refractivity (Wildman–Crippen MR) is 440 cm³/mol. The molecule has 0 radical (unpaired) electrons. The Kier molecular flexibility index (Phi) is 28.1. The van der Waals surface area contributed by atoms with Gasteiger partial charge >= 0.3 is 0 Å². The van der Waals surface area contributed by atoms with E-state index >= 15 is 0 Å². The van der Waals surface area contributed by atoms with Gasteiger partial charge in [0.05, 0.1) is 116 Å². The first kappa shape index (κ1) is 83.7. The van der Waals surface area contributed by atoms with Crippen molar-refractivity contribution in [1.82, 2.24) is 65.9 Å². The number of aliphatic imine (C=N–C) groups is 2. The highest BCUT2D eigenvalue weighted by Crippen LogP contribution is 2.45. The summed E-state index contributed by atoms with van der Waals surface area (Å²) in [5.74, 6) is 1.22. The maximum atomic E-state index is 13.9. The lowest BCUT2D eigenvalue weighted by Crippen LogP contribution is -2.50. The number of carbonyl (C=O) groups is 8. The van der Waals surface area contributed by atoms with Gasteiger partial charge in [0, 0.05) is 136 Å². The molecular weight excluding hydrogens is 1580 g/mol. The van der Waals surface area contributed by atoms with Crippen LogP contribution in [-0.4, -0.2) is 235 Å². The van der Waals surface area contributed by atoms with Crippen molar-refractivity contribution in [3.63, 3.8) is 0 Å². The van der Waals surface area contributed by atoms with Gasteiger partial charge < -0.3 is 70.1 Å². The molecule has 117 heavy (non-hydrogen) atoms. The molecule has 3 fully saturated rings. The molecule has 34 heteroatoms. The second-order valence-electron chi connectivity index (χ2n) is 29.8. The molecule has 10 heterocycles. The summed E-state index contributed by atoms with van der Waals surface area (Å²) in [4.78, 5) is 120. The normalized spacial score (nSPS) is 18.6. The standard InChI is InChI=1S/C83H96Cl2N16O14S2/c1-48-66(116-82-74(48)76(52-11-16-58(84)17-12-52)92-64(78-96-94-50(3)100(78)82)43-70(104)86-23-29-112-33-37-114-35-31-110-27-21-68(102)88-60-7-5-25-98(46-60)80(108)55-15-20-62-57(39-55)42-73(107)90-62)45-67-49(2)75-77(53-13-18-59(85)19-14-53)93-65(79-97-95-51(4)101(79)83(75)117-67)44-71(105)87-24-30-113-34-38-115-36-32-111-28-22-69(103)89-61-8-6-26-99(47-61)81(109)56-10-9-54-41-72(106)91-63(54)40-56/h9-19,39-40,60-62,64-65H,5-8,20-38,41-47H2,1-4H3,(H,86,104)(H,87,105)(H,88,102)(H,89,103)(H,90,107)(H,91,106)/t60?,61?,62?,64-,65-/m0/s1. The van der Waals surface area contributed by atoms with Gasteiger partial charge in [0.25, 0.3) is 11.8 Å². The molecular formula is C83H96Cl2N16O14S2. The number of carbonyl (C=O) groups excluding carboxylic acids is 8. The van der Waals surface area contributed by atoms with Gasteiger partial charge in [-0.15, -0.1) is 43.1 Å². The molecule has 5 atom stereocenters. The molecule has 3 aromatic carbocycles. The first-order valence-corrected chi connectivity index (χ1v) is 42.2. The second kappa shape index (κ2) is 39.2. The molecule has 3 unspecified atom stereocenters. The average Bonchev–Trinajstić information content (AvgIpc) is 1.57. The van der Waals surface area contributed by atoms with Gasteiger partial charge in [0.15, 0.2) is 11.6 Å². The van der Waals surface area contributed by atoms with E-state index in [0.29, 0.717) is 153 Å². The minimum atomic E-state index is -0.717. The van der Waals surface area contributed by atoms with Crippen LogP contribution in [0.3, 0.4) is 0 Å². The van der Waals surface area contributed by atoms with Gasteiger partial charge in [-0.1, -0.05) is 59.6 Å². The lowest BCUT2D eigenvalue weighted by atomic mass is 9.94. The number of thiophene rings is 2. The van der Waals surface area contributed by atoms with Crippen molar-refractivity contribution in [3.8, 4) is 10.0 Å². The number of likely N-dealkylation sites (tertiary alicyclic amines) is 2. The van der Waals surface area contributed by atoms with E-state index in [9.17, 15) is 38.4 Å². The number of ether oxygens (including phenoxy) is 6. The molecule has 6 aliphatic heterocycles. The second-order valence-corrected chi connectivity index (χ2v) is 32.9. The van der Waals surface area contributed by atoms with E-state index in [1.807, 2.05) is 89.7 Å². The van der Waals surface area contributed by atoms with Crippen molar-refractivity contribution < 1.29 is 66.8 Å². The molecule has 7 aliphatic rings. The highest BCUT2D eigenvalue weighted by Gasteiger charge is 2.38. The van der Waals surface area contributed by atoms with Crippen LogP contribution in [0.2, 0.25) is 10.0 Å². The predicted octanol–water partition coefficient (Wildman–Crippen LogP) is 7.95. The fraction of sp³-hybridized carbons (Fsp3) is 0.470. The SMILES string of the molecule is Cc1c(Cc2sc3c(c2C)C(c2ccc(Cl)cc2)=N[C@@H](CC(=O)NCCOCCOCCOCCC(=O)NC2CCCN(C(=O)c4ccc5c(c4)NC(=O)C5)C2)c2nnc(C)n2-3)sc2c1C(c1ccc(Cl)cc1)=N[C@@H](CC(=O)NCCOCCOCCOCCC(=O)NC1CCCN(C(=O)C3=CCC4NC(=O)CC4=C3)C1)c1nnc(C)n1-2. The lowest BCUT2D eigenvalue weighted by Gasteiger charge is -2.34. The van der Waals surface area contributed by atoms with Crippen LogP contribution in [0.4, 0.5) is 5.69 Å². The first-order chi connectivity index (χ1) is 56.8. The van der Waals surface area contributed by atoms with Crippen molar-refractivity contribution in [3.05, 3.63) is 178 Å². The number of aromatic nitrogens is 6. The molecule has 4 aromatic heterocycles. The number of aryl methyl sites for hydroxylation is 2. The zero-order valence-electron chi connectivity index (χ0n) is 65.9. The maximum absolute atomic E-state index is 13.9. The first-order valence-electron chi connectivity index (χ1n) is 39.8. The summed E-state index contributed by atoms with van der Waals surface area (Å²) >= 11 is 16.3. The minimum absolute atomic E-state index is 0.0189. The Bertz CT molecular complexity index is 4990. The van der Waals surface area contributed by atoms with E-state index in [1.54, 1.807) is 44.6 Å². The zero-order chi connectivity index (χ0) is 81.6. The van der Waals surface area contributed by atoms with E-state index in [2.05, 4.69) is 55.9 Å². The van der Waals surface area contributed by atoms with Crippen molar-refractivity contribution in [2.75, 3.05) is 124 Å². The monoisotopic (exact) mass is 1670 g/mol. The molecule has 1 aliphatic carbocycles. The zero-order valence-corrected chi connectivity index (χ0v) is 69.0. The van der Waals surface area contributed by atoms with Crippen LogP contribution in [0, 0.1) is 27.7 Å². The average molecular weight is 1680 g/mol. The highest BCUT2D eigenvalue weighted by molar-refractivity contribution is 7.16. The summed E-state index contributed by atoms with van der Waals surface area (Å²) in [5.41, 5.74) is 10.4. The molecule has 0 spiro atoms. The van der Waals surface area contributed by atoms with Crippen LogP contribution in [0.15, 0.2) is 100 Å². The summed E-state index contributed by atoms with van der Waals surface area (Å²) in [6, 6.07) is 18.6. The highest BCUT2D eigenvalue weighted by atomic mass is 35.5. The Hall–Kier alpha value is -9.74. The summed E-state index contributed by atoms with van der Waals surface area (Å²) in [6.45, 7) is 13.8. The van der Waals surface area contributed by atoms with Crippen LogP contribution in [0.5, 0.6) is 0 Å². The molecule has 3 saturated heterocycles. The van der Waals surface area contributed by atoms with Gasteiger partial charge in [0.1, 0.15) is 33.7 Å². The summed E-state index contributed by atoms with van der Waals surface area (Å²) < 4.78 is 38.4. The maximum Gasteiger partial charge on any atom is 0.253 e. The van der Waals surface area contributed by atoms with Crippen LogP contribution < -0.4 is 31.9 Å². The van der Waals surface area contributed by atoms with E-state index in [1.165, 1.54) is 0 Å².